The second kappa shape index (κ2) is 7.57. The average molecular weight is 340 g/mol. The van der Waals surface area contributed by atoms with Gasteiger partial charge >= 0.3 is 0 Å². The van der Waals surface area contributed by atoms with Gasteiger partial charge in [-0.1, -0.05) is 12.1 Å². The van der Waals surface area contributed by atoms with Crippen LogP contribution in [0.25, 0.3) is 11.4 Å². The van der Waals surface area contributed by atoms with Crippen molar-refractivity contribution in [3.8, 4) is 17.1 Å². The molecule has 2 aromatic heterocycles. The van der Waals surface area contributed by atoms with Crippen LogP contribution in [-0.4, -0.2) is 33.1 Å². The predicted molar refractivity (Wildman–Crippen MR) is 102 cm³/mol. The Morgan fingerprint density at radius 2 is 1.76 bits per heavy atom. The maximum atomic E-state index is 5.29. The molecule has 25 heavy (non-hydrogen) atoms. The number of aromatic nitrogens is 4. The standard InChI is InChI=1S/C18H20N6O.2H2/c1-12(2)20-17-22-16(13-5-4-6-15(11-13)25-3)23-18(24-17)21-14-7-9-19-10-8-14;;/h4-12H,1-3H3,(H2,19,20,21,22,23,24);2*1H. The third kappa shape index (κ3) is 4.41. The normalized spacial score (nSPS) is 10.6. The third-order valence-electron chi connectivity index (χ3n) is 3.32. The lowest BCUT2D eigenvalue weighted by Crippen LogP contribution is -2.14. The molecule has 1 aromatic carbocycles. The number of pyridine rings is 1. The molecule has 132 valence electrons. The summed E-state index contributed by atoms with van der Waals surface area (Å²) in [5.74, 6) is 2.29. The molecule has 0 radical (unpaired) electrons. The van der Waals surface area contributed by atoms with Crippen molar-refractivity contribution in [2.45, 2.75) is 19.9 Å². The van der Waals surface area contributed by atoms with E-state index in [1.165, 1.54) is 0 Å². The van der Waals surface area contributed by atoms with Crippen LogP contribution in [-0.2, 0) is 0 Å². The lowest BCUT2D eigenvalue weighted by atomic mass is 10.2. The van der Waals surface area contributed by atoms with Crippen LogP contribution in [0.5, 0.6) is 5.75 Å². The summed E-state index contributed by atoms with van der Waals surface area (Å²) in [6.07, 6.45) is 3.42. The zero-order chi connectivity index (χ0) is 17.6. The first-order valence-electron chi connectivity index (χ1n) is 7.98. The molecule has 0 fully saturated rings. The van der Waals surface area contributed by atoms with Crippen molar-refractivity contribution in [2.75, 3.05) is 17.7 Å². The molecule has 0 aliphatic heterocycles. The number of ether oxygens (including phenoxy) is 1. The quantitative estimate of drug-likeness (QED) is 0.701. The van der Waals surface area contributed by atoms with Gasteiger partial charge < -0.3 is 15.4 Å². The van der Waals surface area contributed by atoms with Gasteiger partial charge in [0.25, 0.3) is 0 Å². The Bertz CT molecular complexity index is 848. The minimum atomic E-state index is 0. The molecule has 2 N–H and O–H groups in total. The Balaban J connectivity index is 0.00000182. The highest BCUT2D eigenvalue weighted by atomic mass is 16.5. The molecule has 0 saturated carbocycles. The van der Waals surface area contributed by atoms with Gasteiger partial charge in [-0.15, -0.1) is 0 Å². The molecule has 0 bridgehead atoms. The molecule has 3 rings (SSSR count). The van der Waals surface area contributed by atoms with E-state index in [1.807, 2.05) is 50.2 Å². The number of nitrogens with zero attached hydrogens (tertiary/aromatic N) is 4. The van der Waals surface area contributed by atoms with Crippen LogP contribution in [0, 0.1) is 0 Å². The molecule has 3 aromatic rings. The number of benzene rings is 1. The number of hydrogen-bond acceptors (Lipinski definition) is 7. The fraction of sp³-hybridized carbons (Fsp3) is 0.222. The first kappa shape index (κ1) is 16.6. The van der Waals surface area contributed by atoms with E-state index >= 15 is 0 Å². The van der Waals surface area contributed by atoms with Crippen molar-refractivity contribution in [2.24, 2.45) is 0 Å². The highest BCUT2D eigenvalue weighted by Gasteiger charge is 2.10. The van der Waals surface area contributed by atoms with Gasteiger partial charge in [0.1, 0.15) is 5.75 Å². The predicted octanol–water partition coefficient (Wildman–Crippen LogP) is 4.00. The highest BCUT2D eigenvalue weighted by molar-refractivity contribution is 5.62. The van der Waals surface area contributed by atoms with Crippen molar-refractivity contribution in [1.82, 2.24) is 19.9 Å². The van der Waals surface area contributed by atoms with Gasteiger partial charge in [0.2, 0.25) is 11.9 Å². The van der Waals surface area contributed by atoms with Crippen LogP contribution < -0.4 is 15.4 Å². The number of anilines is 3. The van der Waals surface area contributed by atoms with Crippen LogP contribution in [0.3, 0.4) is 0 Å². The molecule has 0 saturated heterocycles. The van der Waals surface area contributed by atoms with Crippen LogP contribution >= 0.6 is 0 Å². The zero-order valence-electron chi connectivity index (χ0n) is 14.4. The Kier molecular flexibility index (Phi) is 5.03. The molecule has 0 amide bonds. The Morgan fingerprint density at radius 1 is 1.00 bits per heavy atom. The van der Waals surface area contributed by atoms with E-state index < -0.39 is 0 Å². The third-order valence-corrected chi connectivity index (χ3v) is 3.32. The fourth-order valence-electron chi connectivity index (χ4n) is 2.21. The van der Waals surface area contributed by atoms with Crippen molar-refractivity contribution < 1.29 is 7.59 Å². The topological polar surface area (TPSA) is 84.8 Å². The first-order chi connectivity index (χ1) is 12.1. The molecule has 7 heteroatoms. The fourth-order valence-corrected chi connectivity index (χ4v) is 2.21. The number of hydrogen-bond donors (Lipinski definition) is 2. The van der Waals surface area contributed by atoms with Crippen LogP contribution in [0.4, 0.5) is 17.6 Å². The zero-order valence-corrected chi connectivity index (χ0v) is 14.4. The average Bonchev–Trinajstić information content (AvgIpc) is 2.62. The second-order valence-corrected chi connectivity index (χ2v) is 5.70. The molecule has 0 unspecified atom stereocenters. The summed E-state index contributed by atoms with van der Waals surface area (Å²) in [6, 6.07) is 11.5. The summed E-state index contributed by atoms with van der Waals surface area (Å²) >= 11 is 0. The van der Waals surface area contributed by atoms with Gasteiger partial charge in [0, 0.05) is 32.5 Å². The first-order valence-corrected chi connectivity index (χ1v) is 7.98. The van der Waals surface area contributed by atoms with Gasteiger partial charge in [-0.05, 0) is 38.1 Å². The molecule has 0 aliphatic carbocycles. The minimum absolute atomic E-state index is 0. The Morgan fingerprint density at radius 3 is 2.48 bits per heavy atom. The summed E-state index contributed by atoms with van der Waals surface area (Å²) in [5.41, 5.74) is 1.71. The molecule has 7 nitrogen and oxygen atoms in total. The van der Waals surface area contributed by atoms with Crippen LogP contribution in [0.15, 0.2) is 48.8 Å². The lowest BCUT2D eigenvalue weighted by molar-refractivity contribution is 0.415. The van der Waals surface area contributed by atoms with Crippen molar-refractivity contribution in [3.05, 3.63) is 48.8 Å². The molecular weight excluding hydrogens is 316 g/mol. The Hall–Kier alpha value is -3.22. The van der Waals surface area contributed by atoms with Gasteiger partial charge in [-0.25, -0.2) is 0 Å². The molecular formula is C18H24N6O. The van der Waals surface area contributed by atoms with E-state index in [4.69, 9.17) is 4.74 Å². The second-order valence-electron chi connectivity index (χ2n) is 5.70. The van der Waals surface area contributed by atoms with Crippen molar-refractivity contribution in [1.29, 1.82) is 0 Å². The maximum absolute atomic E-state index is 5.29. The van der Waals surface area contributed by atoms with E-state index in [-0.39, 0.29) is 8.90 Å². The summed E-state index contributed by atoms with van der Waals surface area (Å²) in [7, 11) is 1.63. The van der Waals surface area contributed by atoms with Gasteiger partial charge in [0.15, 0.2) is 5.82 Å². The van der Waals surface area contributed by atoms with E-state index in [0.29, 0.717) is 17.7 Å². The lowest BCUT2D eigenvalue weighted by Gasteiger charge is -2.12. The van der Waals surface area contributed by atoms with Crippen molar-refractivity contribution in [3.63, 3.8) is 0 Å². The summed E-state index contributed by atoms with van der Waals surface area (Å²) < 4.78 is 5.29. The minimum Gasteiger partial charge on any atom is -0.497 e. The number of nitrogens with one attached hydrogen (secondary N) is 2. The summed E-state index contributed by atoms with van der Waals surface area (Å²) in [4.78, 5) is 17.5. The number of rotatable bonds is 6. The van der Waals surface area contributed by atoms with Gasteiger partial charge in [0.05, 0.1) is 7.11 Å². The monoisotopic (exact) mass is 340 g/mol. The van der Waals surface area contributed by atoms with Gasteiger partial charge in [-0.2, -0.15) is 15.0 Å². The number of methoxy groups -OCH3 is 1. The van der Waals surface area contributed by atoms with Crippen LogP contribution in [0.2, 0.25) is 0 Å². The van der Waals surface area contributed by atoms with E-state index in [0.717, 1.165) is 17.0 Å². The van der Waals surface area contributed by atoms with Crippen molar-refractivity contribution >= 4 is 17.6 Å². The smallest absolute Gasteiger partial charge is 0.232 e. The molecule has 0 spiro atoms. The SMILES string of the molecule is COc1cccc(-c2nc(Nc3ccncc3)nc(NC(C)C)n2)c1.[HH].[HH]. The summed E-state index contributed by atoms with van der Waals surface area (Å²) in [5, 5.41) is 6.41. The molecule has 2 heterocycles. The maximum Gasteiger partial charge on any atom is 0.232 e. The highest BCUT2D eigenvalue weighted by Crippen LogP contribution is 2.23. The van der Waals surface area contributed by atoms with Gasteiger partial charge in [-0.3, -0.25) is 4.98 Å². The van der Waals surface area contributed by atoms with E-state index in [9.17, 15) is 0 Å². The summed E-state index contributed by atoms with van der Waals surface area (Å²) in [6.45, 7) is 4.07. The van der Waals surface area contributed by atoms with E-state index in [1.54, 1.807) is 19.5 Å². The molecule has 0 aliphatic rings. The Labute approximate surface area is 149 Å². The molecule has 0 atom stereocenters. The van der Waals surface area contributed by atoms with Crippen LogP contribution in [0.1, 0.15) is 16.7 Å². The van der Waals surface area contributed by atoms with E-state index in [2.05, 4.69) is 30.6 Å². The largest absolute Gasteiger partial charge is 0.497 e.